The van der Waals surface area contributed by atoms with Crippen LogP contribution < -0.4 is 9.80 Å². The third-order valence-electron chi connectivity index (χ3n) is 4.63. The normalized spacial score (nSPS) is 24.5. The van der Waals surface area contributed by atoms with Crippen LogP contribution in [0.1, 0.15) is 19.4 Å². The van der Waals surface area contributed by atoms with Crippen LogP contribution in [0.5, 0.6) is 0 Å². The van der Waals surface area contributed by atoms with Crippen molar-refractivity contribution in [2.45, 2.75) is 24.0 Å². The van der Waals surface area contributed by atoms with Crippen molar-refractivity contribution in [2.24, 2.45) is 0 Å². The molecule has 0 aromatic heterocycles. The van der Waals surface area contributed by atoms with E-state index in [2.05, 4.69) is 0 Å². The van der Waals surface area contributed by atoms with Gasteiger partial charge in [0.25, 0.3) is 5.91 Å². The number of nitrogens with zero attached hydrogens (tertiary/aromatic N) is 2. The molecule has 0 unspecified atom stereocenters. The Morgan fingerprint density at radius 2 is 1.77 bits per heavy atom. The predicted molar refractivity (Wildman–Crippen MR) is 102 cm³/mol. The van der Waals surface area contributed by atoms with Crippen LogP contribution in [-0.4, -0.2) is 23.0 Å². The number of hydrogen-bond donors (Lipinski definition) is 0. The molecule has 7 heteroatoms. The molecular formula is C19H15ClN2O3S. The van der Waals surface area contributed by atoms with Gasteiger partial charge in [-0.05, 0) is 37.3 Å². The zero-order chi connectivity index (χ0) is 18.6. The molecule has 26 heavy (non-hydrogen) atoms. The van der Waals surface area contributed by atoms with Crippen LogP contribution in [-0.2, 0) is 19.3 Å². The molecule has 5 nitrogen and oxygen atoms in total. The predicted octanol–water partition coefficient (Wildman–Crippen LogP) is 3.55. The summed E-state index contributed by atoms with van der Waals surface area (Å²) in [7, 11) is 0. The highest BCUT2D eigenvalue weighted by molar-refractivity contribution is 8.03. The number of carbonyl (C=O) groups is 3. The molecular weight excluding hydrogens is 372 g/mol. The van der Waals surface area contributed by atoms with Gasteiger partial charge in [-0.2, -0.15) is 0 Å². The number of hydrogen-bond acceptors (Lipinski definition) is 4. The van der Waals surface area contributed by atoms with Gasteiger partial charge in [0.2, 0.25) is 16.7 Å². The molecule has 0 radical (unpaired) electrons. The van der Waals surface area contributed by atoms with E-state index in [4.69, 9.17) is 11.6 Å². The summed E-state index contributed by atoms with van der Waals surface area (Å²) in [6, 6.07) is 13.9. The largest absolute Gasteiger partial charge is 0.283 e. The second-order valence-corrected chi connectivity index (χ2v) is 8.20. The van der Waals surface area contributed by atoms with Crippen molar-refractivity contribution in [3.05, 3.63) is 59.1 Å². The van der Waals surface area contributed by atoms with Gasteiger partial charge < -0.3 is 0 Å². The van der Waals surface area contributed by atoms with Crippen molar-refractivity contribution in [3.63, 3.8) is 0 Å². The second-order valence-electron chi connectivity index (χ2n) is 6.23. The number of benzene rings is 2. The van der Waals surface area contributed by atoms with E-state index in [0.29, 0.717) is 22.0 Å². The van der Waals surface area contributed by atoms with Gasteiger partial charge >= 0.3 is 0 Å². The highest BCUT2D eigenvalue weighted by Crippen LogP contribution is 2.57. The van der Waals surface area contributed by atoms with Gasteiger partial charge in [-0.25, -0.2) is 4.90 Å². The molecule has 2 aromatic carbocycles. The van der Waals surface area contributed by atoms with Crippen LogP contribution in [0, 0.1) is 0 Å². The van der Waals surface area contributed by atoms with Gasteiger partial charge in [0.1, 0.15) is 0 Å². The fraction of sp³-hybridized carbons (Fsp3) is 0.211. The lowest BCUT2D eigenvalue weighted by atomic mass is 10.0. The topological polar surface area (TPSA) is 57.7 Å². The van der Waals surface area contributed by atoms with E-state index in [1.54, 1.807) is 49.4 Å². The Labute approximate surface area is 159 Å². The molecule has 0 N–H and O–H groups in total. The van der Waals surface area contributed by atoms with Gasteiger partial charge in [0.05, 0.1) is 10.9 Å². The van der Waals surface area contributed by atoms with Crippen molar-refractivity contribution >= 4 is 52.5 Å². The monoisotopic (exact) mass is 386 g/mol. The Morgan fingerprint density at radius 3 is 2.42 bits per heavy atom. The number of amides is 3. The minimum Gasteiger partial charge on any atom is -0.283 e. The first-order chi connectivity index (χ1) is 12.4. The third kappa shape index (κ3) is 2.15. The number of imide groups is 1. The number of halogens is 1. The summed E-state index contributed by atoms with van der Waals surface area (Å²) in [6.45, 7) is 3.13. The van der Waals surface area contributed by atoms with Crippen molar-refractivity contribution in [2.75, 3.05) is 9.80 Å². The average Bonchev–Trinajstić information content (AvgIpc) is 3.02. The van der Waals surface area contributed by atoms with Crippen molar-refractivity contribution in [1.82, 2.24) is 0 Å². The molecule has 0 aliphatic carbocycles. The lowest BCUT2D eigenvalue weighted by molar-refractivity contribution is -0.128. The molecule has 0 saturated carbocycles. The van der Waals surface area contributed by atoms with Crippen LogP contribution >= 0.6 is 23.4 Å². The lowest BCUT2D eigenvalue weighted by Crippen LogP contribution is -2.50. The summed E-state index contributed by atoms with van der Waals surface area (Å²) in [5.74, 6) is -0.960. The van der Waals surface area contributed by atoms with E-state index in [1.165, 1.54) is 23.6 Å². The quantitative estimate of drug-likeness (QED) is 0.752. The summed E-state index contributed by atoms with van der Waals surface area (Å²) in [5, 5.41) is 0.119. The number of carbonyl (C=O) groups excluding carboxylic acids is 3. The van der Waals surface area contributed by atoms with Crippen LogP contribution in [0.15, 0.2) is 48.5 Å². The molecule has 2 aliphatic rings. The third-order valence-corrected chi connectivity index (χ3v) is 6.36. The first kappa shape index (κ1) is 17.1. The Kier molecular flexibility index (Phi) is 3.86. The van der Waals surface area contributed by atoms with Gasteiger partial charge in [-0.1, -0.05) is 29.8 Å². The summed E-state index contributed by atoms with van der Waals surface area (Å²) >= 11 is 7.24. The molecule has 2 aromatic rings. The number of rotatable bonds is 1. The minimum atomic E-state index is -1.29. The summed E-state index contributed by atoms with van der Waals surface area (Å²) in [6.07, 6.45) is 0. The fourth-order valence-corrected chi connectivity index (χ4v) is 5.21. The van der Waals surface area contributed by atoms with E-state index < -0.39 is 16.0 Å². The fourth-order valence-electron chi connectivity index (χ4n) is 3.57. The Morgan fingerprint density at radius 1 is 1.12 bits per heavy atom. The van der Waals surface area contributed by atoms with Crippen LogP contribution in [0.25, 0.3) is 0 Å². The zero-order valence-corrected chi connectivity index (χ0v) is 15.7. The molecule has 2 atom stereocenters. The van der Waals surface area contributed by atoms with Gasteiger partial charge in [0.15, 0.2) is 0 Å². The molecule has 1 saturated heterocycles. The number of thioether (sulfide) groups is 1. The zero-order valence-electron chi connectivity index (χ0n) is 14.1. The Bertz CT molecular complexity index is 946. The maximum absolute atomic E-state index is 13.4. The molecule has 1 spiro atoms. The van der Waals surface area contributed by atoms with Crippen molar-refractivity contribution in [3.8, 4) is 0 Å². The van der Waals surface area contributed by atoms with Crippen LogP contribution in [0.4, 0.5) is 11.4 Å². The first-order valence-corrected chi connectivity index (χ1v) is 9.36. The summed E-state index contributed by atoms with van der Waals surface area (Å²) in [5.41, 5.74) is 1.75. The standard InChI is InChI=1S/C19H15ClN2O3S/c1-11-17(24)22(14-9-7-13(20)8-10-14)19(26-11)15-5-3-4-6-16(15)21(12(2)23)18(19)25/h3-11H,1-2H3/t11-,19-/m1/s1. The van der Waals surface area contributed by atoms with Gasteiger partial charge in [-0.3, -0.25) is 19.3 Å². The maximum atomic E-state index is 13.4. The van der Waals surface area contributed by atoms with Crippen LogP contribution in [0.2, 0.25) is 5.02 Å². The van der Waals surface area contributed by atoms with E-state index in [1.807, 2.05) is 6.07 Å². The number of fused-ring (bicyclic) bond motifs is 2. The molecule has 0 bridgehead atoms. The average molecular weight is 387 g/mol. The van der Waals surface area contributed by atoms with Crippen molar-refractivity contribution < 1.29 is 14.4 Å². The molecule has 4 rings (SSSR count). The minimum absolute atomic E-state index is 0.175. The highest BCUT2D eigenvalue weighted by Gasteiger charge is 2.63. The van der Waals surface area contributed by atoms with Gasteiger partial charge in [-0.15, -0.1) is 11.8 Å². The van der Waals surface area contributed by atoms with E-state index in [9.17, 15) is 14.4 Å². The van der Waals surface area contributed by atoms with Crippen molar-refractivity contribution in [1.29, 1.82) is 0 Å². The summed E-state index contributed by atoms with van der Waals surface area (Å²) in [4.78, 5) is 40.0. The Hall–Kier alpha value is -2.31. The molecule has 3 amide bonds. The highest BCUT2D eigenvalue weighted by atomic mass is 35.5. The summed E-state index contributed by atoms with van der Waals surface area (Å²) < 4.78 is 0. The lowest BCUT2D eigenvalue weighted by Gasteiger charge is -2.32. The van der Waals surface area contributed by atoms with E-state index in [-0.39, 0.29) is 11.8 Å². The smallest absolute Gasteiger partial charge is 0.275 e. The SMILES string of the molecule is CC(=O)N1C(=O)[C@]2(S[C@H](C)C(=O)N2c2ccc(Cl)cc2)c2ccccc21. The Balaban J connectivity index is 1.98. The number of anilines is 2. The van der Waals surface area contributed by atoms with E-state index in [0.717, 1.165) is 4.90 Å². The number of para-hydroxylation sites is 1. The molecule has 2 aliphatic heterocycles. The second kappa shape index (κ2) is 5.86. The van der Waals surface area contributed by atoms with Gasteiger partial charge in [0, 0.05) is 23.2 Å². The first-order valence-electron chi connectivity index (χ1n) is 8.10. The van der Waals surface area contributed by atoms with Crippen LogP contribution in [0.3, 0.4) is 0 Å². The molecule has 1 fully saturated rings. The molecule has 2 heterocycles. The van der Waals surface area contributed by atoms with E-state index >= 15 is 0 Å². The maximum Gasteiger partial charge on any atom is 0.275 e. The molecule has 132 valence electrons.